The number of aliphatic hydroxyl groups excluding tert-OH is 1. The Morgan fingerprint density at radius 1 is 1.18 bits per heavy atom. The molecule has 2 N–H and O–H groups in total. The van der Waals surface area contributed by atoms with Crippen molar-refractivity contribution in [2.75, 3.05) is 14.2 Å². The van der Waals surface area contributed by atoms with E-state index in [2.05, 4.69) is 25.9 Å². The van der Waals surface area contributed by atoms with Crippen LogP contribution in [0.4, 0.5) is 0 Å². The lowest BCUT2D eigenvalue weighted by molar-refractivity contribution is 0.221. The molecule has 114 valence electrons. The summed E-state index contributed by atoms with van der Waals surface area (Å²) in [6.45, 7) is 0. The normalized spacial score (nSPS) is 12.4. The van der Waals surface area contributed by atoms with Crippen molar-refractivity contribution in [2.45, 2.75) is 6.10 Å². The van der Waals surface area contributed by atoms with Gasteiger partial charge in [-0.1, -0.05) is 6.07 Å². The summed E-state index contributed by atoms with van der Waals surface area (Å²) in [5.41, 5.74) is 2.38. The molecule has 0 saturated carbocycles. The van der Waals surface area contributed by atoms with Crippen LogP contribution in [-0.2, 0) is 0 Å². The van der Waals surface area contributed by atoms with E-state index in [4.69, 9.17) is 9.47 Å². The molecule has 0 aliphatic rings. The van der Waals surface area contributed by atoms with Crippen LogP contribution in [0.5, 0.6) is 11.5 Å². The third-order valence-electron chi connectivity index (χ3n) is 3.58. The van der Waals surface area contributed by atoms with Gasteiger partial charge < -0.3 is 19.6 Å². The molecule has 3 rings (SSSR count). The Kier molecular flexibility index (Phi) is 4.04. The summed E-state index contributed by atoms with van der Waals surface area (Å²) in [4.78, 5) is 7.29. The number of halogens is 1. The number of nitrogens with zero attached hydrogens (tertiary/aromatic N) is 1. The number of hydrogen-bond donors (Lipinski definition) is 2. The fourth-order valence-corrected chi connectivity index (χ4v) is 2.78. The fourth-order valence-electron chi connectivity index (χ4n) is 2.45. The number of hydrogen-bond acceptors (Lipinski definition) is 4. The molecule has 0 saturated heterocycles. The molecule has 0 spiro atoms. The molecule has 1 aromatic carbocycles. The molecule has 2 heterocycles. The van der Waals surface area contributed by atoms with Crippen molar-refractivity contribution in [3.05, 3.63) is 52.4 Å². The van der Waals surface area contributed by atoms with Crippen LogP contribution in [0.15, 0.2) is 41.3 Å². The van der Waals surface area contributed by atoms with Crippen LogP contribution in [0.3, 0.4) is 0 Å². The topological polar surface area (TPSA) is 67.4 Å². The number of fused-ring (bicyclic) bond motifs is 1. The molecule has 0 bridgehead atoms. The van der Waals surface area contributed by atoms with E-state index in [-0.39, 0.29) is 0 Å². The van der Waals surface area contributed by atoms with Gasteiger partial charge in [0, 0.05) is 17.1 Å². The summed E-state index contributed by atoms with van der Waals surface area (Å²) >= 11 is 3.36. The molecule has 3 aromatic rings. The molecule has 22 heavy (non-hydrogen) atoms. The highest BCUT2D eigenvalue weighted by Crippen LogP contribution is 2.34. The summed E-state index contributed by atoms with van der Waals surface area (Å²) in [5.74, 6) is 1.21. The predicted molar refractivity (Wildman–Crippen MR) is 87.4 cm³/mol. The molecular weight excluding hydrogens is 348 g/mol. The zero-order valence-electron chi connectivity index (χ0n) is 12.1. The maximum Gasteiger partial charge on any atom is 0.161 e. The second-order valence-electron chi connectivity index (χ2n) is 4.81. The Bertz CT molecular complexity index is 816. The van der Waals surface area contributed by atoms with Crippen molar-refractivity contribution in [2.24, 2.45) is 0 Å². The number of aromatic amines is 1. The van der Waals surface area contributed by atoms with E-state index in [9.17, 15) is 5.11 Å². The average molecular weight is 363 g/mol. The van der Waals surface area contributed by atoms with Gasteiger partial charge in [-0.25, -0.2) is 4.98 Å². The van der Waals surface area contributed by atoms with Crippen LogP contribution in [-0.4, -0.2) is 29.3 Å². The quantitative estimate of drug-likeness (QED) is 0.697. The van der Waals surface area contributed by atoms with Crippen LogP contribution in [0.2, 0.25) is 0 Å². The largest absolute Gasteiger partial charge is 0.493 e. The Hall–Kier alpha value is -2.05. The number of rotatable bonds is 4. The lowest BCUT2D eigenvalue weighted by atomic mass is 10.0. The summed E-state index contributed by atoms with van der Waals surface area (Å²) in [6.07, 6.45) is 2.74. The summed E-state index contributed by atoms with van der Waals surface area (Å²) in [5, 5.41) is 11.6. The standard InChI is InChI=1S/C16H15BrN2O3/c1-21-13-4-3-9(5-14(13)22-2)16(20)11-7-18-12-8-19-15(17)6-10(11)12/h3-8,16,18,20H,1-2H3. The number of aliphatic hydroxyl groups is 1. The van der Waals surface area contributed by atoms with Crippen molar-refractivity contribution in [3.8, 4) is 11.5 Å². The first-order chi connectivity index (χ1) is 10.6. The van der Waals surface area contributed by atoms with Gasteiger partial charge >= 0.3 is 0 Å². The number of H-pyrrole nitrogens is 1. The van der Waals surface area contributed by atoms with Crippen molar-refractivity contribution >= 4 is 26.8 Å². The molecule has 1 unspecified atom stereocenters. The van der Waals surface area contributed by atoms with Gasteiger partial charge in [0.2, 0.25) is 0 Å². The number of ether oxygens (including phenoxy) is 2. The smallest absolute Gasteiger partial charge is 0.161 e. The highest BCUT2D eigenvalue weighted by Gasteiger charge is 2.17. The third kappa shape index (κ3) is 2.55. The first-order valence-electron chi connectivity index (χ1n) is 6.66. The second kappa shape index (κ2) is 5.98. The van der Waals surface area contributed by atoms with Gasteiger partial charge in [0.15, 0.2) is 11.5 Å². The minimum Gasteiger partial charge on any atom is -0.493 e. The summed E-state index contributed by atoms with van der Waals surface area (Å²) in [6, 6.07) is 7.26. The average Bonchev–Trinajstić information content (AvgIpc) is 2.96. The first-order valence-corrected chi connectivity index (χ1v) is 7.46. The van der Waals surface area contributed by atoms with E-state index in [0.29, 0.717) is 11.5 Å². The molecular formula is C16H15BrN2O3. The molecule has 6 heteroatoms. The summed E-state index contributed by atoms with van der Waals surface area (Å²) < 4.78 is 11.2. The van der Waals surface area contributed by atoms with Crippen LogP contribution in [0.1, 0.15) is 17.2 Å². The molecule has 5 nitrogen and oxygen atoms in total. The van der Waals surface area contributed by atoms with Crippen LogP contribution in [0, 0.1) is 0 Å². The zero-order chi connectivity index (χ0) is 15.7. The number of nitrogens with one attached hydrogen (secondary N) is 1. The van der Waals surface area contributed by atoms with E-state index >= 15 is 0 Å². The van der Waals surface area contributed by atoms with Gasteiger partial charge in [-0.3, -0.25) is 0 Å². The predicted octanol–water partition coefficient (Wildman–Crippen LogP) is 3.42. The number of methoxy groups -OCH3 is 2. The lowest BCUT2D eigenvalue weighted by Crippen LogP contribution is -2.00. The van der Waals surface area contributed by atoms with Crippen molar-refractivity contribution in [3.63, 3.8) is 0 Å². The van der Waals surface area contributed by atoms with Crippen molar-refractivity contribution in [1.29, 1.82) is 0 Å². The van der Waals surface area contributed by atoms with E-state index < -0.39 is 6.10 Å². The highest BCUT2D eigenvalue weighted by atomic mass is 79.9. The Morgan fingerprint density at radius 2 is 1.95 bits per heavy atom. The molecule has 0 amide bonds. The highest BCUT2D eigenvalue weighted by molar-refractivity contribution is 9.10. The third-order valence-corrected chi connectivity index (χ3v) is 4.02. The van der Waals surface area contributed by atoms with Gasteiger partial charge in [0.25, 0.3) is 0 Å². The number of pyridine rings is 1. The van der Waals surface area contributed by atoms with Gasteiger partial charge in [-0.15, -0.1) is 0 Å². The van der Waals surface area contributed by atoms with Crippen LogP contribution < -0.4 is 9.47 Å². The first kappa shape index (κ1) is 14.9. The van der Waals surface area contributed by atoms with Gasteiger partial charge in [0.05, 0.1) is 25.9 Å². The minimum atomic E-state index is -0.775. The number of aromatic nitrogens is 2. The molecule has 1 atom stereocenters. The van der Waals surface area contributed by atoms with Gasteiger partial charge in [-0.05, 0) is 39.7 Å². The van der Waals surface area contributed by atoms with Gasteiger partial charge in [-0.2, -0.15) is 0 Å². The number of benzene rings is 1. The Balaban J connectivity index is 2.05. The summed E-state index contributed by atoms with van der Waals surface area (Å²) in [7, 11) is 3.15. The maximum absolute atomic E-state index is 10.7. The van der Waals surface area contributed by atoms with Crippen molar-refractivity contribution < 1.29 is 14.6 Å². The second-order valence-corrected chi connectivity index (χ2v) is 5.63. The maximum atomic E-state index is 10.7. The zero-order valence-corrected chi connectivity index (χ0v) is 13.7. The molecule has 0 aliphatic heterocycles. The molecule has 0 radical (unpaired) electrons. The van der Waals surface area contributed by atoms with E-state index in [1.807, 2.05) is 12.1 Å². The van der Waals surface area contributed by atoms with Crippen LogP contribution in [0.25, 0.3) is 10.9 Å². The SMILES string of the molecule is COc1ccc(C(O)c2c[nH]c3cnc(Br)cc23)cc1OC. The van der Waals surface area contributed by atoms with Crippen molar-refractivity contribution in [1.82, 2.24) is 9.97 Å². The van der Waals surface area contributed by atoms with Crippen LogP contribution >= 0.6 is 15.9 Å². The monoisotopic (exact) mass is 362 g/mol. The lowest BCUT2D eigenvalue weighted by Gasteiger charge is -2.14. The fraction of sp³-hybridized carbons (Fsp3) is 0.188. The minimum absolute atomic E-state index is 0.585. The Labute approximate surface area is 136 Å². The van der Waals surface area contributed by atoms with Gasteiger partial charge in [0.1, 0.15) is 10.7 Å². The molecule has 0 aliphatic carbocycles. The van der Waals surface area contributed by atoms with E-state index in [1.54, 1.807) is 38.7 Å². The van der Waals surface area contributed by atoms with E-state index in [0.717, 1.165) is 26.6 Å². The Morgan fingerprint density at radius 3 is 2.68 bits per heavy atom. The molecule has 2 aromatic heterocycles. The molecule has 0 fully saturated rings. The van der Waals surface area contributed by atoms with E-state index in [1.165, 1.54) is 0 Å².